The fraction of sp³-hybridized carbons (Fsp3) is 0.250. The van der Waals surface area contributed by atoms with Crippen molar-refractivity contribution in [2.75, 3.05) is 0 Å². The Kier molecular flexibility index (Phi) is 5.19. The first-order valence-corrected chi connectivity index (χ1v) is 6.94. The van der Waals surface area contributed by atoms with Crippen LogP contribution in [0.25, 0.3) is 10.9 Å². The molecule has 0 radical (unpaired) electrons. The maximum Gasteiger partial charge on any atom is 0.303 e. The highest BCUT2D eigenvalue weighted by Crippen LogP contribution is 2.12. The fourth-order valence-electron chi connectivity index (χ4n) is 2.08. The second kappa shape index (κ2) is 7.31. The van der Waals surface area contributed by atoms with Crippen LogP contribution in [0.2, 0.25) is 0 Å². The molecule has 0 saturated heterocycles. The standard InChI is InChI=1S/C16H16N2O4/c19-10-12(5-3-7-15(20)21)17-16(22)14-9-8-11-4-1-2-6-13(11)18-14/h1-2,4,6,8-10,12H,3,5,7H2,(H,17,22)(H,20,21). The Balaban J connectivity index is 2.02. The third-order valence-corrected chi connectivity index (χ3v) is 3.22. The number of rotatable bonds is 7. The molecule has 0 bridgehead atoms. The summed E-state index contributed by atoms with van der Waals surface area (Å²) in [6, 6.07) is 10.1. The van der Waals surface area contributed by atoms with E-state index < -0.39 is 17.9 Å². The van der Waals surface area contributed by atoms with Gasteiger partial charge in [-0.3, -0.25) is 9.59 Å². The van der Waals surface area contributed by atoms with Crippen LogP contribution >= 0.6 is 0 Å². The first-order chi connectivity index (χ1) is 10.6. The number of aldehydes is 1. The predicted octanol–water partition coefficient (Wildman–Crippen LogP) is 1.79. The molecule has 6 nitrogen and oxygen atoms in total. The van der Waals surface area contributed by atoms with Crippen molar-refractivity contribution in [3.8, 4) is 0 Å². The number of pyridine rings is 1. The van der Waals surface area contributed by atoms with Gasteiger partial charge in [-0.1, -0.05) is 24.3 Å². The molecule has 1 aromatic carbocycles. The number of para-hydroxylation sites is 1. The van der Waals surface area contributed by atoms with Gasteiger partial charge in [0.15, 0.2) is 0 Å². The number of hydrogen-bond acceptors (Lipinski definition) is 4. The van der Waals surface area contributed by atoms with Crippen LogP contribution in [0.5, 0.6) is 0 Å². The van der Waals surface area contributed by atoms with Crippen LogP contribution < -0.4 is 5.32 Å². The van der Waals surface area contributed by atoms with Gasteiger partial charge in [-0.15, -0.1) is 0 Å². The zero-order valence-electron chi connectivity index (χ0n) is 11.9. The topological polar surface area (TPSA) is 96.4 Å². The highest BCUT2D eigenvalue weighted by atomic mass is 16.4. The number of carboxylic acid groups (broad SMARTS) is 1. The van der Waals surface area contributed by atoms with Gasteiger partial charge in [0.25, 0.3) is 5.91 Å². The van der Waals surface area contributed by atoms with Crippen LogP contribution in [0.15, 0.2) is 36.4 Å². The Labute approximate surface area is 127 Å². The number of fused-ring (bicyclic) bond motifs is 1. The van der Waals surface area contributed by atoms with Crippen molar-refractivity contribution in [2.45, 2.75) is 25.3 Å². The number of aliphatic carboxylic acids is 1. The molecule has 0 aliphatic carbocycles. The first-order valence-electron chi connectivity index (χ1n) is 6.94. The molecular formula is C16H16N2O4. The number of nitrogens with one attached hydrogen (secondary N) is 1. The summed E-state index contributed by atoms with van der Waals surface area (Å²) in [5, 5.41) is 12.1. The minimum absolute atomic E-state index is 0.0333. The molecular weight excluding hydrogens is 284 g/mol. The van der Waals surface area contributed by atoms with Gasteiger partial charge in [0.2, 0.25) is 0 Å². The van der Waals surface area contributed by atoms with Gasteiger partial charge in [0, 0.05) is 11.8 Å². The Bertz CT molecular complexity index is 699. The molecule has 114 valence electrons. The molecule has 0 fully saturated rings. The normalized spacial score (nSPS) is 11.8. The minimum atomic E-state index is -0.924. The van der Waals surface area contributed by atoms with E-state index in [1.807, 2.05) is 18.2 Å². The average molecular weight is 300 g/mol. The van der Waals surface area contributed by atoms with Crippen LogP contribution in [0.1, 0.15) is 29.8 Å². The Hall–Kier alpha value is -2.76. The number of aromatic nitrogens is 1. The highest BCUT2D eigenvalue weighted by Gasteiger charge is 2.14. The molecule has 1 atom stereocenters. The number of hydrogen-bond donors (Lipinski definition) is 2. The molecule has 2 rings (SSSR count). The molecule has 2 aromatic rings. The second-order valence-electron chi connectivity index (χ2n) is 4.89. The maximum absolute atomic E-state index is 12.1. The predicted molar refractivity (Wildman–Crippen MR) is 80.5 cm³/mol. The van der Waals surface area contributed by atoms with E-state index in [0.717, 1.165) is 5.39 Å². The quantitative estimate of drug-likeness (QED) is 0.760. The van der Waals surface area contributed by atoms with Gasteiger partial charge < -0.3 is 15.2 Å². The van der Waals surface area contributed by atoms with Crippen molar-refractivity contribution < 1.29 is 19.5 Å². The number of amides is 1. The van der Waals surface area contributed by atoms with E-state index in [4.69, 9.17) is 5.11 Å². The van der Waals surface area contributed by atoms with Crippen molar-refractivity contribution in [3.63, 3.8) is 0 Å². The minimum Gasteiger partial charge on any atom is -0.481 e. The zero-order chi connectivity index (χ0) is 15.9. The molecule has 0 spiro atoms. The monoisotopic (exact) mass is 300 g/mol. The maximum atomic E-state index is 12.1. The second-order valence-corrected chi connectivity index (χ2v) is 4.89. The van der Waals surface area contributed by atoms with E-state index in [-0.39, 0.29) is 18.5 Å². The van der Waals surface area contributed by atoms with Crippen LogP contribution in [0.3, 0.4) is 0 Å². The van der Waals surface area contributed by atoms with E-state index in [9.17, 15) is 14.4 Å². The zero-order valence-corrected chi connectivity index (χ0v) is 11.9. The molecule has 2 N–H and O–H groups in total. The smallest absolute Gasteiger partial charge is 0.303 e. The third-order valence-electron chi connectivity index (χ3n) is 3.22. The van der Waals surface area contributed by atoms with Crippen molar-refractivity contribution >= 4 is 29.1 Å². The Morgan fingerprint density at radius 2 is 2.00 bits per heavy atom. The highest BCUT2D eigenvalue weighted by molar-refractivity contribution is 5.96. The van der Waals surface area contributed by atoms with Crippen molar-refractivity contribution in [1.29, 1.82) is 0 Å². The number of carboxylic acids is 1. The summed E-state index contributed by atoms with van der Waals surface area (Å²) in [5.74, 6) is -1.37. The van der Waals surface area contributed by atoms with Crippen molar-refractivity contribution in [2.24, 2.45) is 0 Å². The van der Waals surface area contributed by atoms with Gasteiger partial charge in [-0.05, 0) is 25.0 Å². The van der Waals surface area contributed by atoms with E-state index in [1.54, 1.807) is 18.2 Å². The van der Waals surface area contributed by atoms with E-state index in [0.29, 0.717) is 18.2 Å². The largest absolute Gasteiger partial charge is 0.481 e. The molecule has 0 aliphatic rings. The molecule has 1 amide bonds. The molecule has 22 heavy (non-hydrogen) atoms. The van der Waals surface area contributed by atoms with Gasteiger partial charge in [0.05, 0.1) is 11.6 Å². The van der Waals surface area contributed by atoms with Gasteiger partial charge in [-0.2, -0.15) is 0 Å². The van der Waals surface area contributed by atoms with Gasteiger partial charge in [0.1, 0.15) is 12.0 Å². The lowest BCUT2D eigenvalue weighted by Crippen LogP contribution is -2.36. The van der Waals surface area contributed by atoms with E-state index in [1.165, 1.54) is 0 Å². The molecule has 6 heteroatoms. The average Bonchev–Trinajstić information content (AvgIpc) is 2.53. The summed E-state index contributed by atoms with van der Waals surface area (Å²) in [6.07, 6.45) is 1.19. The number of carbonyl (C=O) groups is 3. The lowest BCUT2D eigenvalue weighted by atomic mass is 10.1. The summed E-state index contributed by atoms with van der Waals surface area (Å²) >= 11 is 0. The number of nitrogens with zero attached hydrogens (tertiary/aromatic N) is 1. The van der Waals surface area contributed by atoms with Gasteiger partial charge >= 0.3 is 5.97 Å². The van der Waals surface area contributed by atoms with Crippen LogP contribution in [-0.2, 0) is 9.59 Å². The van der Waals surface area contributed by atoms with Crippen molar-refractivity contribution in [1.82, 2.24) is 10.3 Å². The Morgan fingerprint density at radius 1 is 1.23 bits per heavy atom. The molecule has 0 aliphatic heterocycles. The molecule has 0 saturated carbocycles. The molecule has 1 aromatic heterocycles. The first kappa shape index (κ1) is 15.6. The van der Waals surface area contributed by atoms with Crippen LogP contribution in [0.4, 0.5) is 0 Å². The Morgan fingerprint density at radius 3 is 2.73 bits per heavy atom. The lowest BCUT2D eigenvalue weighted by Gasteiger charge is -2.12. The SMILES string of the molecule is O=CC(CCCC(=O)O)NC(=O)c1ccc2ccccc2n1. The van der Waals surface area contributed by atoms with Crippen LogP contribution in [-0.4, -0.2) is 34.3 Å². The molecule has 1 heterocycles. The van der Waals surface area contributed by atoms with E-state index >= 15 is 0 Å². The number of benzene rings is 1. The van der Waals surface area contributed by atoms with E-state index in [2.05, 4.69) is 10.3 Å². The lowest BCUT2D eigenvalue weighted by molar-refractivity contribution is -0.137. The third kappa shape index (κ3) is 4.12. The summed E-state index contributed by atoms with van der Waals surface area (Å²) in [5.41, 5.74) is 0.924. The van der Waals surface area contributed by atoms with Crippen LogP contribution in [0, 0.1) is 0 Å². The summed E-state index contributed by atoms with van der Waals surface area (Å²) in [7, 11) is 0. The summed E-state index contributed by atoms with van der Waals surface area (Å²) < 4.78 is 0. The summed E-state index contributed by atoms with van der Waals surface area (Å²) in [4.78, 5) is 37.8. The molecule has 1 unspecified atom stereocenters. The van der Waals surface area contributed by atoms with Gasteiger partial charge in [-0.25, -0.2) is 4.98 Å². The number of carbonyl (C=O) groups excluding carboxylic acids is 2. The van der Waals surface area contributed by atoms with Crippen molar-refractivity contribution in [3.05, 3.63) is 42.1 Å². The summed E-state index contributed by atoms with van der Waals surface area (Å²) in [6.45, 7) is 0. The fourth-order valence-corrected chi connectivity index (χ4v) is 2.08.